The van der Waals surface area contributed by atoms with E-state index in [2.05, 4.69) is 38.1 Å². The van der Waals surface area contributed by atoms with Crippen molar-refractivity contribution in [1.29, 1.82) is 0 Å². The first-order valence-corrected chi connectivity index (χ1v) is 6.46. The van der Waals surface area contributed by atoms with Crippen molar-refractivity contribution in [2.75, 3.05) is 0 Å². The van der Waals surface area contributed by atoms with Crippen molar-refractivity contribution in [3.63, 3.8) is 0 Å². The molecule has 0 amide bonds. The Morgan fingerprint density at radius 1 is 1.00 bits per heavy atom. The molecule has 1 N–H and O–H groups in total. The van der Waals surface area contributed by atoms with E-state index in [1.54, 1.807) is 12.1 Å². The Hall–Kier alpha value is -1.76. The lowest BCUT2D eigenvalue weighted by atomic mass is 9.85. The maximum absolute atomic E-state index is 9.40. The van der Waals surface area contributed by atoms with Crippen molar-refractivity contribution in [2.24, 2.45) is 0 Å². The molecule has 0 spiro atoms. The van der Waals surface area contributed by atoms with E-state index < -0.39 is 0 Å². The summed E-state index contributed by atoms with van der Waals surface area (Å²) in [7, 11) is 0. The molecule has 1 nitrogen and oxygen atoms in total. The number of aromatic hydroxyl groups is 1. The van der Waals surface area contributed by atoms with Crippen LogP contribution in [0.25, 0.3) is 0 Å². The summed E-state index contributed by atoms with van der Waals surface area (Å²) in [6, 6.07) is 16.4. The monoisotopic (exact) mass is 238 g/mol. The average Bonchev–Trinajstić information content (AvgIpc) is 2.63. The molecule has 1 atom stereocenters. The van der Waals surface area contributed by atoms with Crippen LogP contribution in [-0.4, -0.2) is 5.11 Å². The lowest BCUT2D eigenvalue weighted by Gasteiger charge is -2.19. The number of fused-ring (bicyclic) bond motifs is 1. The van der Waals surface area contributed by atoms with Gasteiger partial charge >= 0.3 is 0 Å². The zero-order valence-corrected chi connectivity index (χ0v) is 10.9. The van der Waals surface area contributed by atoms with Crippen LogP contribution in [-0.2, 0) is 5.41 Å². The lowest BCUT2D eigenvalue weighted by molar-refractivity contribution is 0.474. The summed E-state index contributed by atoms with van der Waals surface area (Å²) >= 11 is 0. The van der Waals surface area contributed by atoms with Crippen LogP contribution in [0.4, 0.5) is 0 Å². The fourth-order valence-corrected chi connectivity index (χ4v) is 3.15. The number of rotatable bonds is 1. The van der Waals surface area contributed by atoms with Gasteiger partial charge in [0.25, 0.3) is 0 Å². The normalized spacial score (nSPS) is 20.7. The highest BCUT2D eigenvalue weighted by Gasteiger charge is 2.36. The predicted octanol–water partition coefficient (Wildman–Crippen LogP) is 4.21. The molecule has 18 heavy (non-hydrogen) atoms. The van der Waals surface area contributed by atoms with Crippen molar-refractivity contribution >= 4 is 0 Å². The number of benzene rings is 2. The van der Waals surface area contributed by atoms with Crippen LogP contribution in [0, 0.1) is 0 Å². The highest BCUT2D eigenvalue weighted by Crippen LogP contribution is 2.48. The molecule has 2 aromatic rings. The van der Waals surface area contributed by atoms with E-state index in [1.165, 1.54) is 16.7 Å². The molecule has 1 aliphatic carbocycles. The van der Waals surface area contributed by atoms with Crippen molar-refractivity contribution in [3.05, 3.63) is 65.2 Å². The minimum atomic E-state index is 0.235. The molecule has 1 aliphatic rings. The fraction of sp³-hybridized carbons (Fsp3) is 0.294. The van der Waals surface area contributed by atoms with Crippen molar-refractivity contribution in [3.8, 4) is 5.75 Å². The first kappa shape index (κ1) is 11.3. The average molecular weight is 238 g/mol. The third kappa shape index (κ3) is 1.71. The molecule has 92 valence electrons. The Labute approximate surface area is 108 Å². The molecule has 0 bridgehead atoms. The van der Waals surface area contributed by atoms with Gasteiger partial charge in [0.05, 0.1) is 0 Å². The quantitative estimate of drug-likeness (QED) is 0.789. The second-order valence-electron chi connectivity index (χ2n) is 5.82. The number of hydrogen-bond donors (Lipinski definition) is 1. The van der Waals surface area contributed by atoms with Gasteiger partial charge < -0.3 is 5.11 Å². The summed E-state index contributed by atoms with van der Waals surface area (Å²) in [5.41, 5.74) is 4.43. The molecule has 0 saturated carbocycles. The summed E-state index contributed by atoms with van der Waals surface area (Å²) in [5, 5.41) is 9.40. The summed E-state index contributed by atoms with van der Waals surface area (Å²) < 4.78 is 0. The number of phenolic OH excluding ortho intramolecular Hbond substituents is 1. The molecule has 3 rings (SSSR count). The van der Waals surface area contributed by atoms with E-state index in [0.717, 1.165) is 6.42 Å². The SMILES string of the molecule is CC1(C)CC(c2ccc(O)cc2)c2ccccc21. The first-order valence-electron chi connectivity index (χ1n) is 6.46. The van der Waals surface area contributed by atoms with Gasteiger partial charge in [0.15, 0.2) is 0 Å². The van der Waals surface area contributed by atoms with Crippen molar-refractivity contribution in [2.45, 2.75) is 31.6 Å². The Morgan fingerprint density at radius 2 is 1.67 bits per heavy atom. The van der Waals surface area contributed by atoms with Gasteiger partial charge in [-0.3, -0.25) is 0 Å². The topological polar surface area (TPSA) is 20.2 Å². The second kappa shape index (κ2) is 3.88. The molecule has 1 unspecified atom stereocenters. The molecule has 2 aromatic carbocycles. The molecule has 0 fully saturated rings. The van der Waals surface area contributed by atoms with E-state index in [-0.39, 0.29) is 5.41 Å². The molecular weight excluding hydrogens is 220 g/mol. The predicted molar refractivity (Wildman–Crippen MR) is 74.0 cm³/mol. The zero-order valence-electron chi connectivity index (χ0n) is 10.9. The van der Waals surface area contributed by atoms with Crippen LogP contribution >= 0.6 is 0 Å². The van der Waals surface area contributed by atoms with E-state index in [4.69, 9.17) is 0 Å². The van der Waals surface area contributed by atoms with Crippen LogP contribution < -0.4 is 0 Å². The minimum absolute atomic E-state index is 0.235. The van der Waals surface area contributed by atoms with Crippen LogP contribution in [0.5, 0.6) is 5.75 Å². The highest BCUT2D eigenvalue weighted by atomic mass is 16.3. The third-order valence-corrected chi connectivity index (χ3v) is 4.08. The molecule has 0 aliphatic heterocycles. The van der Waals surface area contributed by atoms with Gasteiger partial charge in [-0.15, -0.1) is 0 Å². The number of phenols is 1. The Kier molecular flexibility index (Phi) is 2.44. The summed E-state index contributed by atoms with van der Waals surface area (Å²) in [4.78, 5) is 0. The van der Waals surface area contributed by atoms with Crippen LogP contribution in [0.15, 0.2) is 48.5 Å². The second-order valence-corrected chi connectivity index (χ2v) is 5.82. The van der Waals surface area contributed by atoms with Crippen molar-refractivity contribution in [1.82, 2.24) is 0 Å². The highest BCUT2D eigenvalue weighted by molar-refractivity contribution is 5.47. The molecule has 0 radical (unpaired) electrons. The molecule has 1 heteroatoms. The van der Waals surface area contributed by atoms with Crippen LogP contribution in [0.1, 0.15) is 42.9 Å². The summed E-state index contributed by atoms with van der Waals surface area (Å²) in [5.74, 6) is 0.793. The van der Waals surface area contributed by atoms with Gasteiger partial charge in [-0.05, 0) is 40.7 Å². The third-order valence-electron chi connectivity index (χ3n) is 4.08. The molecule has 0 saturated heterocycles. The van der Waals surface area contributed by atoms with Gasteiger partial charge in [-0.25, -0.2) is 0 Å². The van der Waals surface area contributed by atoms with E-state index in [1.807, 2.05) is 12.1 Å². The van der Waals surface area contributed by atoms with E-state index >= 15 is 0 Å². The largest absolute Gasteiger partial charge is 0.508 e. The summed E-state index contributed by atoms with van der Waals surface area (Å²) in [6.07, 6.45) is 1.14. The van der Waals surface area contributed by atoms with E-state index in [9.17, 15) is 5.11 Å². The Morgan fingerprint density at radius 3 is 2.39 bits per heavy atom. The summed E-state index contributed by atoms with van der Waals surface area (Å²) in [6.45, 7) is 4.62. The Balaban J connectivity index is 2.08. The van der Waals surface area contributed by atoms with Crippen molar-refractivity contribution < 1.29 is 5.11 Å². The van der Waals surface area contributed by atoms with Crippen LogP contribution in [0.3, 0.4) is 0 Å². The van der Waals surface area contributed by atoms with Gasteiger partial charge in [0.2, 0.25) is 0 Å². The maximum atomic E-state index is 9.40. The van der Waals surface area contributed by atoms with Gasteiger partial charge in [-0.2, -0.15) is 0 Å². The standard InChI is InChI=1S/C17H18O/c1-17(2)11-15(12-7-9-13(18)10-8-12)14-5-3-4-6-16(14)17/h3-10,15,18H,11H2,1-2H3. The van der Waals surface area contributed by atoms with E-state index in [0.29, 0.717) is 11.7 Å². The zero-order chi connectivity index (χ0) is 12.8. The fourth-order valence-electron chi connectivity index (χ4n) is 3.15. The first-order chi connectivity index (χ1) is 8.58. The van der Waals surface area contributed by atoms with Gasteiger partial charge in [0.1, 0.15) is 5.75 Å². The smallest absolute Gasteiger partial charge is 0.115 e. The lowest BCUT2D eigenvalue weighted by Crippen LogP contribution is -2.12. The van der Waals surface area contributed by atoms with Crippen LogP contribution in [0.2, 0.25) is 0 Å². The minimum Gasteiger partial charge on any atom is -0.508 e. The number of hydrogen-bond acceptors (Lipinski definition) is 1. The van der Waals surface area contributed by atoms with Gasteiger partial charge in [-0.1, -0.05) is 50.2 Å². The maximum Gasteiger partial charge on any atom is 0.115 e. The molecule has 0 aromatic heterocycles. The molecule has 0 heterocycles. The Bertz CT molecular complexity index is 566. The molecular formula is C17H18O. The van der Waals surface area contributed by atoms with Gasteiger partial charge in [0, 0.05) is 5.92 Å².